The average Bonchev–Trinajstić information content (AvgIpc) is 2.83. The van der Waals surface area contributed by atoms with Crippen LogP contribution >= 0.6 is 0 Å². The fourth-order valence-electron chi connectivity index (χ4n) is 3.18. The van der Waals surface area contributed by atoms with Gasteiger partial charge in [-0.3, -0.25) is 4.68 Å². The largest absolute Gasteiger partial charge is 0.321 e. The molecule has 0 saturated heterocycles. The molecule has 0 spiro atoms. The Balaban J connectivity index is 1.86. The molecule has 1 unspecified atom stereocenters. The van der Waals surface area contributed by atoms with Gasteiger partial charge in [0.15, 0.2) is 0 Å². The van der Waals surface area contributed by atoms with Gasteiger partial charge >= 0.3 is 0 Å². The van der Waals surface area contributed by atoms with Gasteiger partial charge in [-0.15, -0.1) is 0 Å². The van der Waals surface area contributed by atoms with E-state index < -0.39 is 0 Å². The molecule has 0 fully saturated rings. The molecule has 3 nitrogen and oxygen atoms in total. The maximum atomic E-state index is 6.58. The van der Waals surface area contributed by atoms with Crippen LogP contribution in [0.3, 0.4) is 0 Å². The lowest BCUT2D eigenvalue weighted by atomic mass is 9.83. The van der Waals surface area contributed by atoms with E-state index >= 15 is 0 Å². The summed E-state index contributed by atoms with van der Waals surface area (Å²) >= 11 is 0. The fourth-order valence-corrected chi connectivity index (χ4v) is 3.18. The first kappa shape index (κ1) is 13.4. The van der Waals surface area contributed by atoms with Crippen LogP contribution in [-0.2, 0) is 31.8 Å². The van der Waals surface area contributed by atoms with Gasteiger partial charge in [-0.25, -0.2) is 0 Å². The van der Waals surface area contributed by atoms with Crippen molar-refractivity contribution in [1.29, 1.82) is 0 Å². The molecule has 2 N–H and O–H groups in total. The number of fused-ring (bicyclic) bond motifs is 1. The Morgan fingerprint density at radius 1 is 1.25 bits per heavy atom. The fraction of sp³-hybridized carbons (Fsp3) is 0.471. The monoisotopic (exact) mass is 269 g/mol. The molecule has 1 heterocycles. The van der Waals surface area contributed by atoms with Gasteiger partial charge in [-0.1, -0.05) is 18.2 Å². The summed E-state index contributed by atoms with van der Waals surface area (Å²) in [5, 5.41) is 4.23. The molecule has 20 heavy (non-hydrogen) atoms. The van der Waals surface area contributed by atoms with Crippen molar-refractivity contribution in [2.24, 2.45) is 12.8 Å². The van der Waals surface area contributed by atoms with Gasteiger partial charge in [-0.05, 0) is 61.3 Å². The van der Waals surface area contributed by atoms with E-state index in [2.05, 4.69) is 30.2 Å². The molecule has 1 atom stereocenters. The number of nitrogens with two attached hydrogens (primary N) is 1. The highest BCUT2D eigenvalue weighted by molar-refractivity contribution is 5.37. The van der Waals surface area contributed by atoms with Crippen molar-refractivity contribution in [2.75, 3.05) is 0 Å². The zero-order valence-corrected chi connectivity index (χ0v) is 12.4. The Kier molecular flexibility index (Phi) is 3.38. The molecule has 3 heteroatoms. The molecule has 3 rings (SSSR count). The third kappa shape index (κ3) is 2.63. The first-order valence-corrected chi connectivity index (χ1v) is 7.43. The first-order valence-electron chi connectivity index (χ1n) is 7.43. The smallest absolute Gasteiger partial charge is 0.0522 e. The summed E-state index contributed by atoms with van der Waals surface area (Å²) in [6, 6.07) is 6.81. The molecule has 1 aromatic heterocycles. The van der Waals surface area contributed by atoms with Crippen molar-refractivity contribution in [3.63, 3.8) is 0 Å². The van der Waals surface area contributed by atoms with Gasteiger partial charge in [0.2, 0.25) is 0 Å². The molecular weight excluding hydrogens is 246 g/mol. The topological polar surface area (TPSA) is 43.8 Å². The van der Waals surface area contributed by atoms with E-state index in [1.54, 1.807) is 0 Å². The van der Waals surface area contributed by atoms with Gasteiger partial charge in [0, 0.05) is 18.8 Å². The minimum Gasteiger partial charge on any atom is -0.321 e. The van der Waals surface area contributed by atoms with Crippen LogP contribution in [0.4, 0.5) is 0 Å². The third-order valence-corrected chi connectivity index (χ3v) is 4.34. The van der Waals surface area contributed by atoms with Crippen molar-refractivity contribution in [3.8, 4) is 0 Å². The third-order valence-electron chi connectivity index (χ3n) is 4.34. The summed E-state index contributed by atoms with van der Waals surface area (Å²) in [4.78, 5) is 0. The van der Waals surface area contributed by atoms with Crippen molar-refractivity contribution >= 4 is 0 Å². The SMILES string of the molecule is Cn1cc(CC(C)(N)c2ccc3c(c2)CCCC3)cn1. The van der Waals surface area contributed by atoms with Gasteiger partial charge in [-0.2, -0.15) is 5.10 Å². The number of aryl methyl sites for hydroxylation is 3. The van der Waals surface area contributed by atoms with E-state index in [4.69, 9.17) is 5.73 Å². The first-order chi connectivity index (χ1) is 9.54. The molecular formula is C17H23N3. The van der Waals surface area contributed by atoms with E-state index in [9.17, 15) is 0 Å². The van der Waals surface area contributed by atoms with Crippen LogP contribution in [0.2, 0.25) is 0 Å². The van der Waals surface area contributed by atoms with E-state index in [0.717, 1.165) is 6.42 Å². The molecule has 1 aromatic carbocycles. The molecule has 0 bridgehead atoms. The Morgan fingerprint density at radius 2 is 2.00 bits per heavy atom. The molecule has 0 radical (unpaired) electrons. The van der Waals surface area contributed by atoms with Crippen molar-refractivity contribution in [3.05, 3.63) is 52.8 Å². The number of hydrogen-bond acceptors (Lipinski definition) is 2. The highest BCUT2D eigenvalue weighted by Crippen LogP contribution is 2.28. The van der Waals surface area contributed by atoms with Gasteiger partial charge in [0.05, 0.1) is 6.20 Å². The zero-order chi connectivity index (χ0) is 14.2. The molecule has 2 aromatic rings. The molecule has 0 aliphatic heterocycles. The van der Waals surface area contributed by atoms with Crippen LogP contribution in [-0.4, -0.2) is 9.78 Å². The minimum atomic E-state index is -0.338. The summed E-state index contributed by atoms with van der Waals surface area (Å²) in [7, 11) is 1.94. The average molecular weight is 269 g/mol. The second-order valence-electron chi connectivity index (χ2n) is 6.31. The predicted octanol–water partition coefficient (Wildman–Crippen LogP) is 2.72. The minimum absolute atomic E-state index is 0.338. The second kappa shape index (κ2) is 5.06. The Morgan fingerprint density at radius 3 is 2.70 bits per heavy atom. The van der Waals surface area contributed by atoms with Crippen LogP contribution < -0.4 is 5.73 Å². The lowest BCUT2D eigenvalue weighted by Gasteiger charge is -2.27. The zero-order valence-electron chi connectivity index (χ0n) is 12.4. The van der Waals surface area contributed by atoms with Gasteiger partial charge < -0.3 is 5.73 Å². The Hall–Kier alpha value is -1.61. The maximum absolute atomic E-state index is 6.58. The Bertz CT molecular complexity index is 610. The van der Waals surface area contributed by atoms with E-state index in [1.165, 1.54) is 47.9 Å². The quantitative estimate of drug-likeness (QED) is 0.931. The van der Waals surface area contributed by atoms with Crippen LogP contribution in [0.1, 0.15) is 42.0 Å². The normalized spacial score (nSPS) is 17.6. The summed E-state index contributed by atoms with van der Waals surface area (Å²) in [6.07, 6.45) is 9.82. The maximum Gasteiger partial charge on any atom is 0.0522 e. The molecule has 1 aliphatic rings. The highest BCUT2D eigenvalue weighted by atomic mass is 15.2. The number of aromatic nitrogens is 2. The van der Waals surface area contributed by atoms with Crippen molar-refractivity contribution in [1.82, 2.24) is 9.78 Å². The number of hydrogen-bond donors (Lipinski definition) is 1. The van der Waals surface area contributed by atoms with E-state index in [0.29, 0.717) is 0 Å². The van der Waals surface area contributed by atoms with Crippen LogP contribution in [0.15, 0.2) is 30.6 Å². The summed E-state index contributed by atoms with van der Waals surface area (Å²) in [6.45, 7) is 2.12. The number of rotatable bonds is 3. The van der Waals surface area contributed by atoms with Crippen molar-refractivity contribution < 1.29 is 0 Å². The lowest BCUT2D eigenvalue weighted by molar-refractivity contribution is 0.489. The summed E-state index contributed by atoms with van der Waals surface area (Å²) < 4.78 is 1.83. The standard InChI is InChI=1S/C17H23N3/c1-17(18,10-13-11-19-20(2)12-13)16-8-7-14-5-3-4-6-15(14)9-16/h7-9,11-12H,3-6,10,18H2,1-2H3. The summed E-state index contributed by atoms with van der Waals surface area (Å²) in [5.74, 6) is 0. The molecule has 0 amide bonds. The number of nitrogens with zero attached hydrogens (tertiary/aromatic N) is 2. The second-order valence-corrected chi connectivity index (χ2v) is 6.31. The van der Waals surface area contributed by atoms with Gasteiger partial charge in [0.1, 0.15) is 0 Å². The van der Waals surface area contributed by atoms with E-state index in [-0.39, 0.29) is 5.54 Å². The summed E-state index contributed by atoms with van der Waals surface area (Å²) in [5.41, 5.74) is 11.7. The number of benzene rings is 1. The van der Waals surface area contributed by atoms with Gasteiger partial charge in [0.25, 0.3) is 0 Å². The molecule has 0 saturated carbocycles. The molecule has 106 valence electrons. The van der Waals surface area contributed by atoms with Crippen LogP contribution in [0.5, 0.6) is 0 Å². The van der Waals surface area contributed by atoms with E-state index in [1.807, 2.05) is 24.1 Å². The Labute approximate surface area is 120 Å². The molecule has 1 aliphatic carbocycles. The lowest BCUT2D eigenvalue weighted by Crippen LogP contribution is -2.35. The van der Waals surface area contributed by atoms with Crippen molar-refractivity contribution in [2.45, 2.75) is 44.6 Å². The highest BCUT2D eigenvalue weighted by Gasteiger charge is 2.24. The predicted molar refractivity (Wildman–Crippen MR) is 81.5 cm³/mol. The van der Waals surface area contributed by atoms with Crippen LogP contribution in [0, 0.1) is 0 Å². The van der Waals surface area contributed by atoms with Crippen LogP contribution in [0.25, 0.3) is 0 Å².